The molecule has 2 aromatic carbocycles. The first-order valence-electron chi connectivity index (χ1n) is 9.31. The van der Waals surface area contributed by atoms with E-state index >= 15 is 0 Å². The molecule has 0 spiro atoms. The predicted molar refractivity (Wildman–Crippen MR) is 118 cm³/mol. The van der Waals surface area contributed by atoms with Crippen LogP contribution < -0.4 is 4.90 Å². The number of benzene rings is 2. The van der Waals surface area contributed by atoms with E-state index < -0.39 is 5.97 Å². The van der Waals surface area contributed by atoms with Crippen LogP contribution in [0.2, 0.25) is 0 Å². The lowest BCUT2D eigenvalue weighted by molar-refractivity contribution is -0.137. The number of H-pyrrole nitrogens is 1. The van der Waals surface area contributed by atoms with E-state index in [2.05, 4.69) is 55.1 Å². The minimum Gasteiger partial charge on any atom is -0.480 e. The molecular weight excluding hydrogens is 452 g/mol. The molecule has 0 saturated carbocycles. The first kappa shape index (κ1) is 20.0. The number of nitrogens with zero attached hydrogens (tertiary/aromatic N) is 3. The standard InChI is InChI=1S/C21H21BrN4O2S/c22-16-6-7-19-20(9-16)29-26(13-21(27)28)18(8-15-4-2-1-3-5-15)12-25(19)11-17-10-23-14-24-17/h1-7,9-10,14,18H,8,11-13H2,(H,23,24)(H,27,28). The lowest BCUT2D eigenvalue weighted by Crippen LogP contribution is -2.42. The Morgan fingerprint density at radius 3 is 2.83 bits per heavy atom. The molecule has 29 heavy (non-hydrogen) atoms. The molecule has 1 aliphatic heterocycles. The van der Waals surface area contributed by atoms with Crippen LogP contribution in [0.3, 0.4) is 0 Å². The highest BCUT2D eigenvalue weighted by molar-refractivity contribution is 9.10. The zero-order valence-electron chi connectivity index (χ0n) is 15.7. The third kappa shape index (κ3) is 5.01. The lowest BCUT2D eigenvalue weighted by atomic mass is 10.0. The first-order valence-corrected chi connectivity index (χ1v) is 10.9. The largest absolute Gasteiger partial charge is 0.480 e. The summed E-state index contributed by atoms with van der Waals surface area (Å²) in [6, 6.07) is 16.4. The van der Waals surface area contributed by atoms with Gasteiger partial charge in [-0.2, -0.15) is 0 Å². The summed E-state index contributed by atoms with van der Waals surface area (Å²) in [6.07, 6.45) is 4.35. The van der Waals surface area contributed by atoms with Crippen LogP contribution in [0.5, 0.6) is 0 Å². The second-order valence-electron chi connectivity index (χ2n) is 6.96. The Balaban J connectivity index is 1.70. The van der Waals surface area contributed by atoms with Crippen LogP contribution in [0.4, 0.5) is 5.69 Å². The van der Waals surface area contributed by atoms with E-state index in [0.717, 1.165) is 27.2 Å². The molecule has 1 aromatic heterocycles. The van der Waals surface area contributed by atoms with E-state index in [1.165, 1.54) is 17.5 Å². The molecule has 3 aromatic rings. The summed E-state index contributed by atoms with van der Waals surface area (Å²) in [6.45, 7) is 1.34. The van der Waals surface area contributed by atoms with Crippen molar-refractivity contribution in [2.24, 2.45) is 0 Å². The zero-order chi connectivity index (χ0) is 20.2. The van der Waals surface area contributed by atoms with Crippen LogP contribution in [0, 0.1) is 0 Å². The highest BCUT2D eigenvalue weighted by atomic mass is 79.9. The van der Waals surface area contributed by atoms with Crippen molar-refractivity contribution in [3.63, 3.8) is 0 Å². The average Bonchev–Trinajstić information content (AvgIpc) is 3.16. The fourth-order valence-corrected chi connectivity index (χ4v) is 5.24. The Labute approximate surface area is 182 Å². The molecule has 0 fully saturated rings. The van der Waals surface area contributed by atoms with Gasteiger partial charge in [-0.25, -0.2) is 9.29 Å². The predicted octanol–water partition coefficient (Wildman–Crippen LogP) is 4.20. The minimum absolute atomic E-state index is 0.0234. The Morgan fingerprint density at radius 1 is 1.28 bits per heavy atom. The van der Waals surface area contributed by atoms with Gasteiger partial charge in [-0.15, -0.1) is 0 Å². The summed E-state index contributed by atoms with van der Waals surface area (Å²) in [5.41, 5.74) is 3.24. The quantitative estimate of drug-likeness (QED) is 0.523. The topological polar surface area (TPSA) is 72.5 Å². The zero-order valence-corrected chi connectivity index (χ0v) is 18.1. The number of aromatic nitrogens is 2. The number of hydrogen-bond donors (Lipinski definition) is 2. The van der Waals surface area contributed by atoms with Gasteiger partial charge in [0, 0.05) is 28.2 Å². The molecule has 0 amide bonds. The molecule has 0 radical (unpaired) electrons. The smallest absolute Gasteiger partial charge is 0.318 e. The molecule has 2 heterocycles. The van der Waals surface area contributed by atoms with Gasteiger partial charge in [0.1, 0.15) is 6.54 Å². The molecule has 8 heteroatoms. The number of fused-ring (bicyclic) bond motifs is 1. The Hall–Kier alpha value is -2.29. The number of imidazole rings is 1. The van der Waals surface area contributed by atoms with Crippen LogP contribution in [0.1, 0.15) is 11.3 Å². The number of aromatic amines is 1. The van der Waals surface area contributed by atoms with Crippen molar-refractivity contribution in [2.75, 3.05) is 18.0 Å². The summed E-state index contributed by atoms with van der Waals surface area (Å²) in [7, 11) is 0. The highest BCUT2D eigenvalue weighted by Gasteiger charge is 2.30. The summed E-state index contributed by atoms with van der Waals surface area (Å²) in [5.74, 6) is -0.826. The van der Waals surface area contributed by atoms with Gasteiger partial charge in [0.2, 0.25) is 0 Å². The van der Waals surface area contributed by atoms with Gasteiger partial charge in [-0.1, -0.05) is 46.3 Å². The van der Waals surface area contributed by atoms with Crippen molar-refractivity contribution in [1.29, 1.82) is 0 Å². The normalized spacial score (nSPS) is 17.0. The average molecular weight is 473 g/mol. The summed E-state index contributed by atoms with van der Waals surface area (Å²) < 4.78 is 2.96. The van der Waals surface area contributed by atoms with Gasteiger partial charge in [-0.05, 0) is 42.1 Å². The number of rotatable bonds is 6. The van der Waals surface area contributed by atoms with Gasteiger partial charge in [0.15, 0.2) is 0 Å². The van der Waals surface area contributed by atoms with E-state index in [4.69, 9.17) is 0 Å². The number of carbonyl (C=O) groups is 1. The Bertz CT molecular complexity index is 968. The van der Waals surface area contributed by atoms with Gasteiger partial charge in [0.05, 0.1) is 24.3 Å². The first-order chi connectivity index (χ1) is 14.1. The van der Waals surface area contributed by atoms with E-state index in [0.29, 0.717) is 13.1 Å². The molecule has 0 saturated heterocycles. The van der Waals surface area contributed by atoms with Crippen LogP contribution in [-0.4, -0.2) is 44.5 Å². The summed E-state index contributed by atoms with van der Waals surface area (Å²) >= 11 is 5.07. The number of carboxylic acid groups (broad SMARTS) is 1. The highest BCUT2D eigenvalue weighted by Crippen LogP contribution is 2.40. The van der Waals surface area contributed by atoms with Gasteiger partial charge in [0.25, 0.3) is 0 Å². The van der Waals surface area contributed by atoms with E-state index in [-0.39, 0.29) is 12.6 Å². The number of anilines is 1. The molecular formula is C21H21BrN4O2S. The van der Waals surface area contributed by atoms with Gasteiger partial charge in [-0.3, -0.25) is 4.79 Å². The van der Waals surface area contributed by atoms with Crippen LogP contribution >= 0.6 is 27.9 Å². The molecule has 6 nitrogen and oxygen atoms in total. The maximum absolute atomic E-state index is 11.6. The number of halogens is 1. The molecule has 0 aliphatic carbocycles. The second-order valence-corrected chi connectivity index (χ2v) is 8.96. The minimum atomic E-state index is -0.826. The molecule has 150 valence electrons. The van der Waals surface area contributed by atoms with Crippen LogP contribution in [0.25, 0.3) is 0 Å². The number of nitrogens with one attached hydrogen (secondary N) is 1. The Kier molecular flexibility index (Phi) is 6.22. The maximum atomic E-state index is 11.6. The maximum Gasteiger partial charge on any atom is 0.318 e. The number of carboxylic acids is 1. The third-order valence-electron chi connectivity index (χ3n) is 4.83. The molecule has 2 N–H and O–H groups in total. The van der Waals surface area contributed by atoms with Crippen molar-refractivity contribution < 1.29 is 9.90 Å². The molecule has 4 rings (SSSR count). The number of hydrogen-bond acceptors (Lipinski definition) is 5. The summed E-state index contributed by atoms with van der Waals surface area (Å²) in [4.78, 5) is 22.3. The van der Waals surface area contributed by atoms with Crippen LogP contribution in [-0.2, 0) is 17.8 Å². The Morgan fingerprint density at radius 2 is 2.10 bits per heavy atom. The molecule has 1 aliphatic rings. The van der Waals surface area contributed by atoms with Crippen molar-refractivity contribution >= 4 is 39.5 Å². The van der Waals surface area contributed by atoms with Gasteiger partial charge < -0.3 is 15.0 Å². The molecule has 1 unspecified atom stereocenters. The van der Waals surface area contributed by atoms with Crippen molar-refractivity contribution in [1.82, 2.24) is 14.3 Å². The van der Waals surface area contributed by atoms with Crippen molar-refractivity contribution in [3.05, 3.63) is 76.8 Å². The van der Waals surface area contributed by atoms with Crippen molar-refractivity contribution in [3.8, 4) is 0 Å². The van der Waals surface area contributed by atoms with E-state index in [1.54, 1.807) is 6.33 Å². The SMILES string of the molecule is O=C(O)CN1Sc2cc(Br)ccc2N(Cc2c[nH]cn2)CC1Cc1ccccc1. The monoisotopic (exact) mass is 472 g/mol. The second kappa shape index (κ2) is 9.02. The fourth-order valence-electron chi connectivity index (χ4n) is 3.54. The van der Waals surface area contributed by atoms with E-state index in [9.17, 15) is 9.90 Å². The van der Waals surface area contributed by atoms with E-state index in [1.807, 2.05) is 34.8 Å². The third-order valence-corrected chi connectivity index (χ3v) is 6.51. The summed E-state index contributed by atoms with van der Waals surface area (Å²) in [5, 5.41) is 9.53. The van der Waals surface area contributed by atoms with Crippen LogP contribution in [0.15, 0.2) is 70.4 Å². The van der Waals surface area contributed by atoms with Crippen molar-refractivity contribution in [2.45, 2.75) is 23.9 Å². The lowest BCUT2D eigenvalue weighted by Gasteiger charge is -2.30. The molecule has 1 atom stereocenters. The number of aliphatic carboxylic acids is 1. The molecule has 0 bridgehead atoms. The fraction of sp³-hybridized carbons (Fsp3) is 0.238. The van der Waals surface area contributed by atoms with Gasteiger partial charge >= 0.3 is 5.97 Å².